The number of hydrogen-bond acceptors (Lipinski definition) is 4. The largest absolute Gasteiger partial charge is 0.478 e. The molecular weight excluding hydrogens is 234 g/mol. The van der Waals surface area contributed by atoms with Crippen LogP contribution in [-0.4, -0.2) is 41.7 Å². The molecule has 0 spiro atoms. The van der Waals surface area contributed by atoms with Gasteiger partial charge in [0, 0.05) is 24.8 Å². The first kappa shape index (κ1) is 12.6. The first-order valence-corrected chi connectivity index (χ1v) is 5.83. The maximum absolute atomic E-state index is 11.1. The van der Waals surface area contributed by atoms with Gasteiger partial charge in [-0.25, -0.2) is 4.79 Å². The van der Waals surface area contributed by atoms with Gasteiger partial charge in [0.05, 0.1) is 11.6 Å². The summed E-state index contributed by atoms with van der Waals surface area (Å²) in [5.74, 6) is -1.01. The zero-order valence-electron chi connectivity index (χ0n) is 9.82. The molecule has 1 aliphatic rings. The molecule has 1 fully saturated rings. The Morgan fingerprint density at radius 3 is 2.56 bits per heavy atom. The summed E-state index contributed by atoms with van der Waals surface area (Å²) in [4.78, 5) is 23.7. The van der Waals surface area contributed by atoms with Gasteiger partial charge in [-0.05, 0) is 30.7 Å². The predicted octanol–water partition coefficient (Wildman–Crippen LogP) is 0.771. The van der Waals surface area contributed by atoms with E-state index in [1.165, 1.54) is 12.1 Å². The highest BCUT2D eigenvalue weighted by Crippen LogP contribution is 2.28. The van der Waals surface area contributed by atoms with Crippen LogP contribution in [-0.2, 0) is 4.79 Å². The molecule has 1 saturated heterocycles. The first-order chi connectivity index (χ1) is 8.67. The van der Waals surface area contributed by atoms with Gasteiger partial charge < -0.3 is 19.9 Å². The third-order valence-electron chi connectivity index (χ3n) is 3.40. The Labute approximate surface area is 105 Å². The first-order valence-electron chi connectivity index (χ1n) is 5.83. The van der Waals surface area contributed by atoms with Crippen LogP contribution in [0.15, 0.2) is 24.3 Å². The van der Waals surface area contributed by atoms with Crippen molar-refractivity contribution in [1.29, 1.82) is 0 Å². The predicted molar refractivity (Wildman–Crippen MR) is 65.8 cm³/mol. The van der Waals surface area contributed by atoms with Crippen LogP contribution in [0.25, 0.3) is 0 Å². The summed E-state index contributed by atoms with van der Waals surface area (Å²) < 4.78 is 0. The highest BCUT2D eigenvalue weighted by molar-refractivity contribution is 5.88. The lowest BCUT2D eigenvalue weighted by atomic mass is 10.0. The number of nitrogens with zero attached hydrogens (tertiary/aromatic N) is 1. The van der Waals surface area contributed by atoms with Gasteiger partial charge in [-0.1, -0.05) is 0 Å². The number of rotatable bonds is 4. The lowest BCUT2D eigenvalue weighted by Gasteiger charge is -2.25. The third kappa shape index (κ3) is 2.22. The number of aromatic carboxylic acids is 1. The highest BCUT2D eigenvalue weighted by Gasteiger charge is 2.33. The SMILES string of the molecule is O=CC1C(CO)CCN1c1ccc(C(=O)O)cc1. The van der Waals surface area contributed by atoms with Crippen LogP contribution in [0.4, 0.5) is 5.69 Å². The molecule has 0 aromatic heterocycles. The topological polar surface area (TPSA) is 77.8 Å². The minimum absolute atomic E-state index is 0.00683. The van der Waals surface area contributed by atoms with Gasteiger partial charge in [-0.15, -0.1) is 0 Å². The summed E-state index contributed by atoms with van der Waals surface area (Å²) in [6, 6.07) is 6.10. The molecule has 0 saturated carbocycles. The molecule has 18 heavy (non-hydrogen) atoms. The molecule has 1 aliphatic heterocycles. The average molecular weight is 249 g/mol. The number of carboxylic acid groups (broad SMARTS) is 1. The van der Waals surface area contributed by atoms with Crippen molar-refractivity contribution in [2.75, 3.05) is 18.1 Å². The zero-order valence-corrected chi connectivity index (χ0v) is 9.82. The van der Waals surface area contributed by atoms with Gasteiger partial charge in [0.2, 0.25) is 0 Å². The van der Waals surface area contributed by atoms with E-state index < -0.39 is 5.97 Å². The number of carbonyl (C=O) groups excluding carboxylic acids is 1. The molecule has 0 radical (unpaired) electrons. The zero-order chi connectivity index (χ0) is 13.1. The summed E-state index contributed by atoms with van der Waals surface area (Å²) in [5, 5.41) is 18.0. The minimum Gasteiger partial charge on any atom is -0.478 e. The summed E-state index contributed by atoms with van der Waals surface area (Å²) in [5.41, 5.74) is 1.03. The van der Waals surface area contributed by atoms with Gasteiger partial charge in [-0.2, -0.15) is 0 Å². The van der Waals surface area contributed by atoms with Crippen molar-refractivity contribution >= 4 is 17.9 Å². The van der Waals surface area contributed by atoms with E-state index in [0.29, 0.717) is 6.54 Å². The number of aliphatic hydroxyl groups excluding tert-OH is 1. The minimum atomic E-state index is -0.969. The summed E-state index contributed by atoms with van der Waals surface area (Å²) >= 11 is 0. The molecule has 1 aromatic rings. The Morgan fingerprint density at radius 1 is 1.39 bits per heavy atom. The second kappa shape index (κ2) is 5.18. The van der Waals surface area contributed by atoms with E-state index in [1.54, 1.807) is 12.1 Å². The molecule has 2 unspecified atom stereocenters. The molecule has 5 heteroatoms. The molecule has 0 bridgehead atoms. The number of aliphatic hydroxyl groups is 1. The average Bonchev–Trinajstić information content (AvgIpc) is 2.81. The summed E-state index contributed by atoms with van der Waals surface area (Å²) in [7, 11) is 0. The summed E-state index contributed by atoms with van der Waals surface area (Å²) in [6.07, 6.45) is 1.61. The smallest absolute Gasteiger partial charge is 0.335 e. The van der Waals surface area contributed by atoms with Gasteiger partial charge in [0.25, 0.3) is 0 Å². The number of carboxylic acids is 1. The van der Waals surface area contributed by atoms with E-state index in [9.17, 15) is 14.7 Å². The second-order valence-corrected chi connectivity index (χ2v) is 4.40. The van der Waals surface area contributed by atoms with E-state index in [1.807, 2.05) is 4.90 Å². The fourth-order valence-corrected chi connectivity index (χ4v) is 2.36. The Balaban J connectivity index is 2.21. The van der Waals surface area contributed by atoms with Crippen molar-refractivity contribution in [2.45, 2.75) is 12.5 Å². The number of anilines is 1. The molecule has 0 amide bonds. The second-order valence-electron chi connectivity index (χ2n) is 4.40. The molecular formula is C13H15NO4. The number of carbonyl (C=O) groups is 2. The summed E-state index contributed by atoms with van der Waals surface area (Å²) in [6.45, 7) is 0.689. The van der Waals surface area contributed by atoms with Crippen molar-refractivity contribution in [3.63, 3.8) is 0 Å². The maximum Gasteiger partial charge on any atom is 0.335 e. The molecule has 2 N–H and O–H groups in total. The molecule has 5 nitrogen and oxygen atoms in total. The molecule has 1 heterocycles. The normalized spacial score (nSPS) is 23.1. The van der Waals surface area contributed by atoms with Crippen LogP contribution < -0.4 is 4.90 Å². The Kier molecular flexibility index (Phi) is 3.62. The van der Waals surface area contributed by atoms with Crippen molar-refractivity contribution in [2.24, 2.45) is 5.92 Å². The van der Waals surface area contributed by atoms with Crippen molar-refractivity contribution < 1.29 is 19.8 Å². The molecule has 2 rings (SSSR count). The van der Waals surface area contributed by atoms with Crippen molar-refractivity contribution in [3.8, 4) is 0 Å². The van der Waals surface area contributed by atoms with Crippen LogP contribution in [0.1, 0.15) is 16.8 Å². The Hall–Kier alpha value is -1.88. The van der Waals surface area contributed by atoms with Gasteiger partial charge in [0.15, 0.2) is 0 Å². The van der Waals surface area contributed by atoms with Gasteiger partial charge in [-0.3, -0.25) is 0 Å². The van der Waals surface area contributed by atoms with E-state index in [2.05, 4.69) is 0 Å². The molecule has 96 valence electrons. The van der Waals surface area contributed by atoms with Crippen LogP contribution in [0.3, 0.4) is 0 Å². The Bertz CT molecular complexity index is 443. The highest BCUT2D eigenvalue weighted by atomic mass is 16.4. The monoisotopic (exact) mass is 249 g/mol. The standard InChI is InChI=1S/C13H15NO4/c15-7-10-5-6-14(12(10)8-16)11-3-1-9(2-4-11)13(17)18/h1-4,8,10,12,15H,5-7H2,(H,17,18). The van der Waals surface area contributed by atoms with Crippen molar-refractivity contribution in [1.82, 2.24) is 0 Å². The van der Waals surface area contributed by atoms with Crippen LogP contribution in [0.2, 0.25) is 0 Å². The van der Waals surface area contributed by atoms with Gasteiger partial charge in [0.1, 0.15) is 6.29 Å². The van der Waals surface area contributed by atoms with Gasteiger partial charge >= 0.3 is 5.97 Å². The number of benzene rings is 1. The fourth-order valence-electron chi connectivity index (χ4n) is 2.36. The molecule has 0 aliphatic carbocycles. The lowest BCUT2D eigenvalue weighted by molar-refractivity contribution is -0.109. The lowest BCUT2D eigenvalue weighted by Crippen LogP contribution is -2.35. The molecule has 2 atom stereocenters. The van der Waals surface area contributed by atoms with Crippen LogP contribution in [0, 0.1) is 5.92 Å². The fraction of sp³-hybridized carbons (Fsp3) is 0.385. The van der Waals surface area contributed by atoms with E-state index in [0.717, 1.165) is 18.4 Å². The van der Waals surface area contributed by atoms with E-state index in [4.69, 9.17) is 5.11 Å². The van der Waals surface area contributed by atoms with E-state index in [-0.39, 0.29) is 24.1 Å². The van der Waals surface area contributed by atoms with Crippen LogP contribution >= 0.6 is 0 Å². The number of hydrogen-bond donors (Lipinski definition) is 2. The quantitative estimate of drug-likeness (QED) is 0.771. The van der Waals surface area contributed by atoms with Crippen LogP contribution in [0.5, 0.6) is 0 Å². The Morgan fingerprint density at radius 2 is 2.06 bits per heavy atom. The molecule has 1 aromatic carbocycles. The van der Waals surface area contributed by atoms with E-state index >= 15 is 0 Å². The number of aldehydes is 1. The maximum atomic E-state index is 11.1. The van der Waals surface area contributed by atoms with Crippen molar-refractivity contribution in [3.05, 3.63) is 29.8 Å². The third-order valence-corrected chi connectivity index (χ3v) is 3.40.